The lowest BCUT2D eigenvalue weighted by Gasteiger charge is -2.12. The summed E-state index contributed by atoms with van der Waals surface area (Å²) in [6.45, 7) is 0.176. The van der Waals surface area contributed by atoms with Gasteiger partial charge in [0.15, 0.2) is 17.6 Å². The molecule has 0 fully saturated rings. The number of imidazole rings is 1. The van der Waals surface area contributed by atoms with E-state index < -0.39 is 29.7 Å². The van der Waals surface area contributed by atoms with Crippen molar-refractivity contribution in [3.8, 4) is 17.6 Å². The highest BCUT2D eigenvalue weighted by atomic mass is 35.5. The molecule has 0 aliphatic carbocycles. The SMILES string of the molecule is N#CNS(=O)(=O)c1ccccc1S(=O)(=O)c1ccc(Cn2c(-c3ccccc3)nc(Cl)c2C=O)cc1. The number of rotatable bonds is 8. The van der Waals surface area contributed by atoms with Gasteiger partial charge in [0.25, 0.3) is 10.0 Å². The maximum Gasteiger partial charge on any atom is 0.271 e. The van der Waals surface area contributed by atoms with Gasteiger partial charge in [0.05, 0.1) is 9.79 Å². The number of carbonyl (C=O) groups is 1. The van der Waals surface area contributed by atoms with Crippen molar-refractivity contribution in [1.29, 1.82) is 5.26 Å². The minimum atomic E-state index is -4.36. The Morgan fingerprint density at radius 2 is 1.53 bits per heavy atom. The van der Waals surface area contributed by atoms with Crippen molar-refractivity contribution in [3.63, 3.8) is 0 Å². The van der Waals surface area contributed by atoms with Crippen molar-refractivity contribution in [1.82, 2.24) is 14.3 Å². The number of aldehydes is 1. The Labute approximate surface area is 212 Å². The van der Waals surface area contributed by atoms with Gasteiger partial charge in [0.1, 0.15) is 16.4 Å². The number of hydrogen-bond acceptors (Lipinski definition) is 7. The zero-order chi connectivity index (χ0) is 25.9. The number of aromatic nitrogens is 2. The van der Waals surface area contributed by atoms with Crippen LogP contribution in [0, 0.1) is 11.5 Å². The summed E-state index contributed by atoms with van der Waals surface area (Å²) < 4.78 is 54.5. The van der Waals surface area contributed by atoms with E-state index in [-0.39, 0.29) is 22.3 Å². The third-order valence-electron chi connectivity index (χ3n) is 5.29. The smallest absolute Gasteiger partial charge is 0.271 e. The monoisotopic (exact) mass is 540 g/mol. The van der Waals surface area contributed by atoms with Gasteiger partial charge in [-0.1, -0.05) is 66.2 Å². The minimum absolute atomic E-state index is 0.0480. The molecule has 0 saturated heterocycles. The molecular formula is C24H17ClN4O5S2. The molecule has 0 spiro atoms. The highest BCUT2D eigenvalue weighted by Crippen LogP contribution is 2.29. The Kier molecular flexibility index (Phi) is 6.94. The lowest BCUT2D eigenvalue weighted by atomic mass is 10.2. The first kappa shape index (κ1) is 25.1. The highest BCUT2D eigenvalue weighted by Gasteiger charge is 2.27. The van der Waals surface area contributed by atoms with Crippen LogP contribution in [-0.4, -0.2) is 32.7 Å². The lowest BCUT2D eigenvalue weighted by Crippen LogP contribution is -2.21. The van der Waals surface area contributed by atoms with Crippen LogP contribution >= 0.6 is 11.6 Å². The molecule has 0 aliphatic rings. The van der Waals surface area contributed by atoms with Crippen LogP contribution in [0.3, 0.4) is 0 Å². The minimum Gasteiger partial charge on any atom is -0.316 e. The van der Waals surface area contributed by atoms with Gasteiger partial charge in [-0.15, -0.1) is 0 Å². The Morgan fingerprint density at radius 3 is 2.14 bits per heavy atom. The molecule has 1 aromatic heterocycles. The first-order valence-corrected chi connectivity index (χ1v) is 13.6. The first-order valence-electron chi connectivity index (χ1n) is 10.3. The molecule has 1 heterocycles. The standard InChI is InChI=1S/C24H17ClN4O5S2/c25-23-20(15-30)29(24(28-23)18-6-2-1-3-7-18)14-17-10-12-19(13-11-17)35(31,32)21-8-4-5-9-22(21)36(33,34)27-16-26/h1-13,15,27H,14H2. The number of nitrogens with one attached hydrogen (secondary N) is 1. The third kappa shape index (κ3) is 4.74. The fraction of sp³-hybridized carbons (Fsp3) is 0.0417. The van der Waals surface area contributed by atoms with Gasteiger partial charge >= 0.3 is 0 Å². The molecule has 36 heavy (non-hydrogen) atoms. The van der Waals surface area contributed by atoms with Gasteiger partial charge in [-0.05, 0) is 29.8 Å². The van der Waals surface area contributed by atoms with E-state index in [9.17, 15) is 21.6 Å². The average molecular weight is 541 g/mol. The maximum atomic E-state index is 13.3. The molecule has 0 saturated carbocycles. The molecule has 3 aromatic carbocycles. The molecule has 4 aromatic rings. The van der Waals surface area contributed by atoms with Crippen LogP contribution in [0.5, 0.6) is 0 Å². The zero-order valence-electron chi connectivity index (χ0n) is 18.4. The van der Waals surface area contributed by atoms with E-state index in [1.54, 1.807) is 21.4 Å². The molecule has 0 unspecified atom stereocenters. The van der Waals surface area contributed by atoms with Crippen LogP contribution in [-0.2, 0) is 26.4 Å². The van der Waals surface area contributed by atoms with Crippen LogP contribution in [0.15, 0.2) is 93.5 Å². The second kappa shape index (κ2) is 9.94. The van der Waals surface area contributed by atoms with E-state index in [1.165, 1.54) is 30.5 Å². The Balaban J connectivity index is 1.71. The molecule has 12 heteroatoms. The fourth-order valence-corrected chi connectivity index (χ4v) is 6.65. The summed E-state index contributed by atoms with van der Waals surface area (Å²) in [5.74, 6) is 0.475. The van der Waals surface area contributed by atoms with Crippen LogP contribution in [0.1, 0.15) is 16.1 Å². The predicted molar refractivity (Wildman–Crippen MR) is 131 cm³/mol. The van der Waals surface area contributed by atoms with Crippen LogP contribution in [0.4, 0.5) is 0 Å². The van der Waals surface area contributed by atoms with Gasteiger partial charge in [-0.25, -0.2) is 26.5 Å². The summed E-state index contributed by atoms with van der Waals surface area (Å²) in [5.41, 5.74) is 1.57. The summed E-state index contributed by atoms with van der Waals surface area (Å²) in [5, 5.41) is 8.78. The van der Waals surface area contributed by atoms with Crippen molar-refractivity contribution in [2.75, 3.05) is 0 Å². The first-order chi connectivity index (χ1) is 17.2. The van der Waals surface area contributed by atoms with Crippen LogP contribution in [0.25, 0.3) is 11.4 Å². The van der Waals surface area contributed by atoms with Gasteiger partial charge < -0.3 is 4.57 Å². The van der Waals surface area contributed by atoms with E-state index in [0.29, 0.717) is 17.7 Å². The van der Waals surface area contributed by atoms with Gasteiger partial charge in [-0.2, -0.15) is 5.26 Å². The van der Waals surface area contributed by atoms with Crippen LogP contribution in [0.2, 0.25) is 5.15 Å². The summed E-state index contributed by atoms with van der Waals surface area (Å²) >= 11 is 6.18. The fourth-order valence-electron chi connectivity index (χ4n) is 3.61. The Hall–Kier alpha value is -3.98. The zero-order valence-corrected chi connectivity index (χ0v) is 20.8. The normalized spacial score (nSPS) is 11.6. The van der Waals surface area contributed by atoms with Gasteiger partial charge in [-0.3, -0.25) is 4.79 Å². The molecule has 0 bridgehead atoms. The van der Waals surface area contributed by atoms with Gasteiger partial charge in [0, 0.05) is 12.1 Å². The van der Waals surface area contributed by atoms with E-state index in [1.807, 2.05) is 30.3 Å². The predicted octanol–water partition coefficient (Wildman–Crippen LogP) is 3.66. The van der Waals surface area contributed by atoms with Gasteiger partial charge in [0.2, 0.25) is 9.84 Å². The van der Waals surface area contributed by atoms with Crippen molar-refractivity contribution < 1.29 is 21.6 Å². The molecule has 9 nitrogen and oxygen atoms in total. The van der Waals surface area contributed by atoms with E-state index >= 15 is 0 Å². The quantitative estimate of drug-likeness (QED) is 0.204. The van der Waals surface area contributed by atoms with Crippen molar-refractivity contribution in [3.05, 3.63) is 95.3 Å². The lowest BCUT2D eigenvalue weighted by molar-refractivity contribution is 0.111. The molecule has 0 atom stereocenters. The maximum absolute atomic E-state index is 13.3. The molecule has 4 rings (SSSR count). The summed E-state index contributed by atoms with van der Waals surface area (Å²) in [4.78, 5) is 14.9. The number of sulfonamides is 1. The topological polar surface area (TPSA) is 139 Å². The number of halogens is 1. The third-order valence-corrected chi connectivity index (χ3v) is 8.82. The molecule has 0 amide bonds. The number of hydrogen-bond donors (Lipinski definition) is 1. The Bertz CT molecular complexity index is 1690. The largest absolute Gasteiger partial charge is 0.316 e. The van der Waals surface area contributed by atoms with Crippen LogP contribution < -0.4 is 4.72 Å². The molecule has 182 valence electrons. The average Bonchev–Trinajstić information content (AvgIpc) is 3.19. The van der Waals surface area contributed by atoms with E-state index in [0.717, 1.165) is 17.7 Å². The summed E-state index contributed by atoms with van der Waals surface area (Å²) in [6.07, 6.45) is 1.91. The number of nitriles is 1. The summed E-state index contributed by atoms with van der Waals surface area (Å²) in [7, 11) is -8.61. The second-order valence-electron chi connectivity index (χ2n) is 7.49. The van der Waals surface area contributed by atoms with E-state index in [4.69, 9.17) is 16.9 Å². The van der Waals surface area contributed by atoms with Crippen molar-refractivity contribution >= 4 is 37.7 Å². The molecular weight excluding hydrogens is 524 g/mol. The van der Waals surface area contributed by atoms with Crippen molar-refractivity contribution in [2.24, 2.45) is 0 Å². The highest BCUT2D eigenvalue weighted by molar-refractivity contribution is 7.93. The number of carbonyl (C=O) groups excluding carboxylic acids is 1. The van der Waals surface area contributed by atoms with Crippen molar-refractivity contribution in [2.45, 2.75) is 21.2 Å². The Morgan fingerprint density at radius 1 is 0.917 bits per heavy atom. The molecule has 0 radical (unpaired) electrons. The van der Waals surface area contributed by atoms with E-state index in [2.05, 4.69) is 4.98 Å². The molecule has 1 N–H and O–H groups in total. The summed E-state index contributed by atoms with van der Waals surface area (Å²) in [6, 6.07) is 19.9. The second-order valence-corrected chi connectivity index (χ2v) is 11.4. The number of benzene rings is 3. The number of sulfone groups is 1. The number of nitrogens with zero attached hydrogens (tertiary/aromatic N) is 3. The molecule has 0 aliphatic heterocycles.